The number of carbonyl (C=O) groups is 2. The smallest absolute Gasteiger partial charge is 0.309 e. The summed E-state index contributed by atoms with van der Waals surface area (Å²) in [6.45, 7) is 7.98. The molecule has 3 heteroatoms. The fourth-order valence-electron chi connectivity index (χ4n) is 3.27. The minimum atomic E-state index is -0.280. The third-order valence-electron chi connectivity index (χ3n) is 5.39. The van der Waals surface area contributed by atoms with E-state index in [1.54, 1.807) is 0 Å². The number of ether oxygens (including phenoxy) is 1. The molecule has 2 unspecified atom stereocenters. The Balaban J connectivity index is 1.64. The standard InChI is InChI=1S/C26H34O3/c1-19-5-11-23(12-6-19)15-9-21(3)17-25(27)18-29-26(28)22(4)10-16-24-13-7-20(2)8-14-24/h5-8,11-14,21-22H,9-10,15-18H2,1-4H3. The van der Waals surface area contributed by atoms with Crippen molar-refractivity contribution in [1.29, 1.82) is 0 Å². The first-order valence-electron chi connectivity index (χ1n) is 10.6. The largest absolute Gasteiger partial charge is 0.457 e. The molecule has 29 heavy (non-hydrogen) atoms. The minimum Gasteiger partial charge on any atom is -0.457 e. The maximum Gasteiger partial charge on any atom is 0.309 e. The van der Waals surface area contributed by atoms with E-state index in [0.29, 0.717) is 6.42 Å². The summed E-state index contributed by atoms with van der Waals surface area (Å²) in [5.74, 6) is -0.206. The van der Waals surface area contributed by atoms with Gasteiger partial charge in [-0.15, -0.1) is 0 Å². The fraction of sp³-hybridized carbons (Fsp3) is 0.462. The van der Waals surface area contributed by atoms with Crippen molar-refractivity contribution >= 4 is 11.8 Å². The van der Waals surface area contributed by atoms with E-state index >= 15 is 0 Å². The van der Waals surface area contributed by atoms with Crippen LogP contribution in [0.25, 0.3) is 0 Å². The van der Waals surface area contributed by atoms with Crippen LogP contribution in [-0.4, -0.2) is 18.4 Å². The molecular formula is C26H34O3. The highest BCUT2D eigenvalue weighted by atomic mass is 16.5. The zero-order chi connectivity index (χ0) is 21.2. The minimum absolute atomic E-state index is 0.000454. The van der Waals surface area contributed by atoms with Crippen molar-refractivity contribution in [2.24, 2.45) is 11.8 Å². The number of Topliss-reactive ketones (excluding diaryl/α,β-unsaturated/α-hetero) is 1. The summed E-state index contributed by atoms with van der Waals surface area (Å²) in [4.78, 5) is 24.3. The molecule has 0 bridgehead atoms. The number of aryl methyl sites for hydroxylation is 4. The molecule has 0 radical (unpaired) electrons. The number of hydrogen-bond donors (Lipinski definition) is 0. The lowest BCUT2D eigenvalue weighted by atomic mass is 9.96. The number of carbonyl (C=O) groups excluding carboxylic acids is 2. The zero-order valence-corrected chi connectivity index (χ0v) is 18.2. The van der Waals surface area contributed by atoms with Crippen molar-refractivity contribution in [3.63, 3.8) is 0 Å². The van der Waals surface area contributed by atoms with Gasteiger partial charge in [0.2, 0.25) is 0 Å². The number of esters is 1. The van der Waals surface area contributed by atoms with Gasteiger partial charge in [-0.2, -0.15) is 0 Å². The topological polar surface area (TPSA) is 43.4 Å². The summed E-state index contributed by atoms with van der Waals surface area (Å²) >= 11 is 0. The molecule has 2 atom stereocenters. The van der Waals surface area contributed by atoms with Crippen LogP contribution in [-0.2, 0) is 27.2 Å². The van der Waals surface area contributed by atoms with Gasteiger partial charge in [0.15, 0.2) is 5.78 Å². The molecule has 0 aliphatic heterocycles. The molecule has 3 nitrogen and oxygen atoms in total. The Kier molecular flexibility index (Phi) is 9.11. The van der Waals surface area contributed by atoms with Crippen LogP contribution in [0, 0.1) is 25.7 Å². The molecule has 2 rings (SSSR count). The van der Waals surface area contributed by atoms with Crippen LogP contribution in [0.3, 0.4) is 0 Å². The molecule has 0 aliphatic carbocycles. The number of hydrogen-bond acceptors (Lipinski definition) is 3. The van der Waals surface area contributed by atoms with Gasteiger partial charge in [0, 0.05) is 6.42 Å². The fourth-order valence-corrected chi connectivity index (χ4v) is 3.27. The third kappa shape index (κ3) is 8.64. The highest BCUT2D eigenvalue weighted by Gasteiger charge is 2.17. The Bertz CT molecular complexity index is 775. The Labute approximate surface area is 175 Å². The van der Waals surface area contributed by atoms with E-state index < -0.39 is 0 Å². The van der Waals surface area contributed by atoms with Crippen molar-refractivity contribution in [3.05, 3.63) is 70.8 Å². The van der Waals surface area contributed by atoms with Gasteiger partial charge in [-0.05, 0) is 56.6 Å². The Morgan fingerprint density at radius 3 is 1.79 bits per heavy atom. The average Bonchev–Trinajstić information content (AvgIpc) is 2.71. The molecule has 0 saturated heterocycles. The second-order valence-electron chi connectivity index (χ2n) is 8.41. The van der Waals surface area contributed by atoms with Gasteiger partial charge in [0.05, 0.1) is 5.92 Å². The Morgan fingerprint density at radius 2 is 1.28 bits per heavy atom. The highest BCUT2D eigenvalue weighted by molar-refractivity contribution is 5.83. The van der Waals surface area contributed by atoms with Crippen LogP contribution in [0.5, 0.6) is 0 Å². The van der Waals surface area contributed by atoms with Crippen molar-refractivity contribution < 1.29 is 14.3 Å². The summed E-state index contributed by atoms with van der Waals surface area (Å²) in [6.07, 6.45) is 3.93. The van der Waals surface area contributed by atoms with Crippen molar-refractivity contribution in [2.75, 3.05) is 6.61 Å². The predicted octanol–water partition coefficient (Wildman–Crippen LogP) is 5.64. The second-order valence-corrected chi connectivity index (χ2v) is 8.41. The van der Waals surface area contributed by atoms with Crippen LogP contribution in [0.1, 0.15) is 55.4 Å². The van der Waals surface area contributed by atoms with Gasteiger partial charge in [-0.1, -0.05) is 73.5 Å². The van der Waals surface area contributed by atoms with Gasteiger partial charge in [-0.25, -0.2) is 0 Å². The molecule has 0 aromatic heterocycles. The third-order valence-corrected chi connectivity index (χ3v) is 5.39. The highest BCUT2D eigenvalue weighted by Crippen LogP contribution is 2.15. The molecule has 156 valence electrons. The van der Waals surface area contributed by atoms with Crippen LogP contribution in [0.4, 0.5) is 0 Å². The first-order chi connectivity index (χ1) is 13.8. The second kappa shape index (κ2) is 11.5. The maximum atomic E-state index is 12.2. The zero-order valence-electron chi connectivity index (χ0n) is 18.2. The van der Waals surface area contributed by atoms with Crippen LogP contribution < -0.4 is 0 Å². The number of benzene rings is 2. The first-order valence-corrected chi connectivity index (χ1v) is 10.6. The quantitative estimate of drug-likeness (QED) is 0.463. The van der Waals surface area contributed by atoms with Crippen LogP contribution in [0.15, 0.2) is 48.5 Å². The maximum absolute atomic E-state index is 12.2. The molecule has 0 fully saturated rings. The van der Waals surface area contributed by atoms with E-state index in [1.165, 1.54) is 22.3 Å². The first kappa shape index (κ1) is 22.9. The molecule has 0 N–H and O–H groups in total. The molecule has 2 aromatic rings. The van der Waals surface area contributed by atoms with Crippen molar-refractivity contribution in [2.45, 2.75) is 59.8 Å². The van der Waals surface area contributed by atoms with Crippen molar-refractivity contribution in [1.82, 2.24) is 0 Å². The van der Waals surface area contributed by atoms with E-state index in [1.807, 2.05) is 6.92 Å². The SMILES string of the molecule is Cc1ccc(CCC(C)CC(=O)COC(=O)C(C)CCc2ccc(C)cc2)cc1. The summed E-state index contributed by atoms with van der Waals surface area (Å²) in [6, 6.07) is 16.9. The summed E-state index contributed by atoms with van der Waals surface area (Å²) in [7, 11) is 0. The molecule has 0 amide bonds. The summed E-state index contributed by atoms with van der Waals surface area (Å²) < 4.78 is 5.26. The van der Waals surface area contributed by atoms with Gasteiger partial charge in [0.25, 0.3) is 0 Å². The molecule has 0 spiro atoms. The van der Waals surface area contributed by atoms with E-state index in [2.05, 4.69) is 69.3 Å². The monoisotopic (exact) mass is 394 g/mol. The molecule has 0 heterocycles. The van der Waals surface area contributed by atoms with Crippen molar-refractivity contribution in [3.8, 4) is 0 Å². The number of rotatable bonds is 11. The van der Waals surface area contributed by atoms with Crippen LogP contribution >= 0.6 is 0 Å². The molecule has 0 aliphatic rings. The lowest BCUT2D eigenvalue weighted by molar-refractivity contribution is -0.152. The van der Waals surface area contributed by atoms with Crippen LogP contribution in [0.2, 0.25) is 0 Å². The van der Waals surface area contributed by atoms with E-state index in [0.717, 1.165) is 25.7 Å². The molecular weight excluding hydrogens is 360 g/mol. The molecule has 2 aromatic carbocycles. The summed E-state index contributed by atoms with van der Waals surface area (Å²) in [5, 5.41) is 0. The Morgan fingerprint density at radius 1 is 0.793 bits per heavy atom. The lowest BCUT2D eigenvalue weighted by Crippen LogP contribution is -2.21. The van der Waals surface area contributed by atoms with Gasteiger partial charge in [-0.3, -0.25) is 9.59 Å². The predicted molar refractivity (Wildman–Crippen MR) is 118 cm³/mol. The van der Waals surface area contributed by atoms with Gasteiger partial charge < -0.3 is 4.74 Å². The normalized spacial score (nSPS) is 13.0. The summed E-state index contributed by atoms with van der Waals surface area (Å²) in [5.41, 5.74) is 5.00. The van der Waals surface area contributed by atoms with Gasteiger partial charge >= 0.3 is 5.97 Å². The van der Waals surface area contributed by atoms with E-state index in [9.17, 15) is 9.59 Å². The lowest BCUT2D eigenvalue weighted by Gasteiger charge is -2.13. The van der Waals surface area contributed by atoms with E-state index in [-0.39, 0.29) is 30.2 Å². The van der Waals surface area contributed by atoms with E-state index in [4.69, 9.17) is 4.74 Å². The molecule has 0 saturated carbocycles. The Hall–Kier alpha value is -2.42. The number of ketones is 1. The van der Waals surface area contributed by atoms with Gasteiger partial charge in [0.1, 0.15) is 6.61 Å². The average molecular weight is 395 g/mol.